The van der Waals surface area contributed by atoms with Gasteiger partial charge in [-0.3, -0.25) is 4.79 Å². The first-order valence-electron chi connectivity index (χ1n) is 6.67. The number of nitrogens with zero attached hydrogens (tertiary/aromatic N) is 1. The highest BCUT2D eigenvalue weighted by Gasteiger charge is 2.44. The van der Waals surface area contributed by atoms with Crippen molar-refractivity contribution in [3.8, 4) is 0 Å². The predicted octanol–water partition coefficient (Wildman–Crippen LogP) is -2.67. The second-order valence-corrected chi connectivity index (χ2v) is 5.04. The summed E-state index contributed by atoms with van der Waals surface area (Å²) in [5.41, 5.74) is 5.96. The number of ether oxygens (including phenoxy) is 2. The van der Waals surface area contributed by atoms with Gasteiger partial charge in [0.15, 0.2) is 0 Å². The number of hydrogen-bond acceptors (Lipinski definition) is 8. The lowest BCUT2D eigenvalue weighted by molar-refractivity contribution is -0.155. The minimum Gasteiger partial charge on any atom is -0.478 e. The van der Waals surface area contributed by atoms with Crippen molar-refractivity contribution in [1.82, 2.24) is 4.90 Å². The number of hydrogen-bond donors (Lipinski definition) is 4. The van der Waals surface area contributed by atoms with Crippen LogP contribution in [0.3, 0.4) is 0 Å². The summed E-state index contributed by atoms with van der Waals surface area (Å²) in [7, 11) is 2.61. The first kappa shape index (κ1) is 18.4. The molecule has 0 saturated heterocycles. The molecule has 0 saturated carbocycles. The molecule has 5 atom stereocenters. The zero-order valence-corrected chi connectivity index (χ0v) is 12.7. The van der Waals surface area contributed by atoms with Crippen LogP contribution in [0.1, 0.15) is 6.92 Å². The molecule has 1 heterocycles. The van der Waals surface area contributed by atoms with E-state index in [0.717, 1.165) is 7.11 Å². The lowest BCUT2D eigenvalue weighted by Gasteiger charge is -2.42. The van der Waals surface area contributed by atoms with E-state index in [0.29, 0.717) is 0 Å². The zero-order chi connectivity index (χ0) is 17.0. The van der Waals surface area contributed by atoms with Gasteiger partial charge in [-0.25, -0.2) is 4.79 Å². The summed E-state index contributed by atoms with van der Waals surface area (Å²) in [5, 5.41) is 28.7. The number of carbonyl (C=O) groups is 2. The molecule has 0 fully saturated rings. The van der Waals surface area contributed by atoms with Gasteiger partial charge >= 0.3 is 5.97 Å². The number of esters is 1. The van der Waals surface area contributed by atoms with Gasteiger partial charge in [0.05, 0.1) is 25.8 Å². The summed E-state index contributed by atoms with van der Waals surface area (Å²) in [4.78, 5) is 24.4. The number of methoxy groups -OCH3 is 1. The van der Waals surface area contributed by atoms with Crippen molar-refractivity contribution < 1.29 is 34.4 Å². The third-order valence-corrected chi connectivity index (χ3v) is 3.59. The van der Waals surface area contributed by atoms with E-state index in [9.17, 15) is 19.8 Å². The highest BCUT2D eigenvalue weighted by Crippen LogP contribution is 2.25. The Labute approximate surface area is 127 Å². The number of likely N-dealkylation sites (N-methyl/N-ethyl adjacent to an activating group) is 1. The maximum absolute atomic E-state index is 11.6. The molecule has 0 radical (unpaired) electrons. The summed E-state index contributed by atoms with van der Waals surface area (Å²) < 4.78 is 9.90. The molecule has 9 heteroatoms. The second-order valence-electron chi connectivity index (χ2n) is 5.04. The molecule has 0 aromatic rings. The third kappa shape index (κ3) is 3.74. The zero-order valence-electron chi connectivity index (χ0n) is 12.7. The maximum Gasteiger partial charge on any atom is 0.373 e. The van der Waals surface area contributed by atoms with Crippen LogP contribution in [-0.4, -0.2) is 83.3 Å². The number of amides is 1. The molecule has 5 N–H and O–H groups in total. The van der Waals surface area contributed by atoms with E-state index in [1.807, 2.05) is 0 Å². The molecular weight excluding hydrogens is 296 g/mol. The van der Waals surface area contributed by atoms with E-state index >= 15 is 0 Å². The Balaban J connectivity index is 3.17. The fourth-order valence-corrected chi connectivity index (χ4v) is 2.25. The molecule has 1 aliphatic rings. The molecule has 22 heavy (non-hydrogen) atoms. The first-order chi connectivity index (χ1) is 10.2. The minimum absolute atomic E-state index is 0.225. The van der Waals surface area contributed by atoms with Crippen LogP contribution in [0.4, 0.5) is 0 Å². The fourth-order valence-electron chi connectivity index (χ4n) is 2.25. The normalized spacial score (nSPS) is 27.2. The second kappa shape index (κ2) is 7.54. The highest BCUT2D eigenvalue weighted by molar-refractivity contribution is 5.86. The number of nitrogens with two attached hydrogens (primary N) is 1. The third-order valence-electron chi connectivity index (χ3n) is 3.59. The Morgan fingerprint density at radius 1 is 1.50 bits per heavy atom. The molecule has 9 nitrogen and oxygen atoms in total. The van der Waals surface area contributed by atoms with Crippen molar-refractivity contribution in [2.24, 2.45) is 5.73 Å². The number of aliphatic hydroxyl groups excluding tert-OH is 3. The average Bonchev–Trinajstić information content (AvgIpc) is 2.50. The largest absolute Gasteiger partial charge is 0.478 e. The molecule has 0 spiro atoms. The van der Waals surface area contributed by atoms with Gasteiger partial charge in [0.1, 0.15) is 18.3 Å². The van der Waals surface area contributed by atoms with E-state index in [1.54, 1.807) is 0 Å². The van der Waals surface area contributed by atoms with E-state index in [2.05, 4.69) is 4.74 Å². The Hall–Kier alpha value is -1.68. The molecular formula is C13H22N2O7. The van der Waals surface area contributed by atoms with Crippen molar-refractivity contribution in [2.75, 3.05) is 20.8 Å². The Morgan fingerprint density at radius 3 is 2.55 bits per heavy atom. The maximum atomic E-state index is 11.6. The van der Waals surface area contributed by atoms with Crippen molar-refractivity contribution in [2.45, 2.75) is 37.3 Å². The average molecular weight is 318 g/mol. The minimum atomic E-state index is -1.56. The van der Waals surface area contributed by atoms with Gasteiger partial charge in [-0.15, -0.1) is 0 Å². The number of rotatable bonds is 5. The van der Waals surface area contributed by atoms with Crippen LogP contribution < -0.4 is 5.73 Å². The van der Waals surface area contributed by atoms with Gasteiger partial charge < -0.3 is 35.4 Å². The molecule has 126 valence electrons. The van der Waals surface area contributed by atoms with Gasteiger partial charge in [0, 0.05) is 14.0 Å². The lowest BCUT2D eigenvalue weighted by Crippen LogP contribution is -2.62. The quantitative estimate of drug-likeness (QED) is 0.402. The van der Waals surface area contributed by atoms with Gasteiger partial charge in [-0.05, 0) is 6.08 Å². The van der Waals surface area contributed by atoms with Gasteiger partial charge in [0.25, 0.3) is 0 Å². The van der Waals surface area contributed by atoms with Crippen molar-refractivity contribution in [3.63, 3.8) is 0 Å². The lowest BCUT2D eigenvalue weighted by atomic mass is 9.91. The topological polar surface area (TPSA) is 143 Å². The van der Waals surface area contributed by atoms with Crippen molar-refractivity contribution >= 4 is 11.9 Å². The van der Waals surface area contributed by atoms with Gasteiger partial charge in [-0.1, -0.05) is 0 Å². The van der Waals surface area contributed by atoms with Crippen LogP contribution in [0.2, 0.25) is 0 Å². The summed E-state index contributed by atoms with van der Waals surface area (Å²) in [5.74, 6) is -1.36. The Morgan fingerprint density at radius 2 is 2.09 bits per heavy atom. The molecule has 0 unspecified atom stereocenters. The van der Waals surface area contributed by atoms with E-state index < -0.39 is 43.0 Å². The summed E-state index contributed by atoms with van der Waals surface area (Å²) in [6.45, 7) is 0.586. The first-order valence-corrected chi connectivity index (χ1v) is 6.67. The van der Waals surface area contributed by atoms with E-state index in [4.69, 9.17) is 15.6 Å². The summed E-state index contributed by atoms with van der Waals surface area (Å²) >= 11 is 0. The molecule has 0 bridgehead atoms. The van der Waals surface area contributed by atoms with Crippen molar-refractivity contribution in [3.05, 3.63) is 11.8 Å². The summed E-state index contributed by atoms with van der Waals surface area (Å²) in [6, 6.07) is -1.66. The van der Waals surface area contributed by atoms with Crippen LogP contribution in [0.25, 0.3) is 0 Å². The van der Waals surface area contributed by atoms with E-state index in [1.165, 1.54) is 24.9 Å². The number of aliphatic hydroxyl groups is 3. The molecule has 1 aliphatic heterocycles. The standard InChI is InChI=1S/C13H22N2O7/c1-6(17)15(2)10-7(14)4-9(13(20)21-3)22-12(10)11(19)8(18)5-16/h4,7-8,10-12,16,18-19H,5,14H2,1-3H3/t7-,8+,10+,11+,12+/m0/s1. The Bertz CT molecular complexity index is 454. The molecule has 1 rings (SSSR count). The molecule has 0 aromatic carbocycles. The van der Waals surface area contributed by atoms with Crippen LogP contribution in [0.15, 0.2) is 11.8 Å². The van der Waals surface area contributed by atoms with Gasteiger partial charge in [0.2, 0.25) is 11.7 Å². The molecule has 1 amide bonds. The Kier molecular flexibility index (Phi) is 6.30. The van der Waals surface area contributed by atoms with Crippen LogP contribution >= 0.6 is 0 Å². The highest BCUT2D eigenvalue weighted by atomic mass is 16.6. The summed E-state index contributed by atoms with van der Waals surface area (Å²) in [6.07, 6.45) is -3.00. The predicted molar refractivity (Wildman–Crippen MR) is 74.3 cm³/mol. The number of carbonyl (C=O) groups excluding carboxylic acids is 2. The smallest absolute Gasteiger partial charge is 0.373 e. The van der Waals surface area contributed by atoms with Gasteiger partial charge in [-0.2, -0.15) is 0 Å². The monoisotopic (exact) mass is 318 g/mol. The SMILES string of the molecule is COC(=O)C1=C[C@H](N)[C@@H](N(C)C(C)=O)[C@H]([C@H](O)[C@H](O)CO)O1. The van der Waals surface area contributed by atoms with E-state index in [-0.39, 0.29) is 11.7 Å². The van der Waals surface area contributed by atoms with Crippen LogP contribution in [0, 0.1) is 0 Å². The fraction of sp³-hybridized carbons (Fsp3) is 0.692. The molecule has 0 aliphatic carbocycles. The van der Waals surface area contributed by atoms with Crippen LogP contribution in [0.5, 0.6) is 0 Å². The van der Waals surface area contributed by atoms with Crippen molar-refractivity contribution in [1.29, 1.82) is 0 Å². The van der Waals surface area contributed by atoms with Crippen LogP contribution in [-0.2, 0) is 19.1 Å². The molecule has 0 aromatic heterocycles.